The second-order valence-corrected chi connectivity index (χ2v) is 23.5. The van der Waals surface area contributed by atoms with E-state index in [-0.39, 0.29) is 42.7 Å². The number of benzene rings is 3. The summed E-state index contributed by atoms with van der Waals surface area (Å²) in [6.45, 7) is 11.5. The fourth-order valence-corrected chi connectivity index (χ4v) is 12.4. The molecule has 394 valence electrons. The number of aliphatic hydroxyl groups is 1. The van der Waals surface area contributed by atoms with Crippen LogP contribution < -0.4 is 20.3 Å². The molecule has 4 aliphatic rings. The summed E-state index contributed by atoms with van der Waals surface area (Å²) in [5, 5.41) is 17.5. The Morgan fingerprint density at radius 2 is 1.75 bits per heavy atom. The van der Waals surface area contributed by atoms with Gasteiger partial charge in [0.25, 0.3) is 0 Å². The summed E-state index contributed by atoms with van der Waals surface area (Å²) >= 11 is 6.83. The van der Waals surface area contributed by atoms with E-state index in [1.54, 1.807) is 52.1 Å². The number of hydrogen-bond acceptors (Lipinski definition) is 14. The molecule has 1 aliphatic carbocycles. The Morgan fingerprint density at radius 1 is 1.08 bits per heavy atom. The van der Waals surface area contributed by atoms with Crippen LogP contribution in [-0.4, -0.2) is 134 Å². The average molecular weight is 1060 g/mol. The largest absolute Gasteiger partial charge is 0.495 e. The van der Waals surface area contributed by atoms with Gasteiger partial charge in [0.05, 0.1) is 25.3 Å². The highest BCUT2D eigenvalue weighted by atomic mass is 35.5. The molecular weight excluding hydrogens is 996 g/mol. The summed E-state index contributed by atoms with van der Waals surface area (Å²) in [4.78, 5) is 70.7. The molecule has 7 rings (SSSR count). The number of methoxy groups -OCH3 is 2. The summed E-state index contributed by atoms with van der Waals surface area (Å²) in [6.07, 6.45) is 0.273. The van der Waals surface area contributed by atoms with E-state index in [0.717, 1.165) is 33.4 Å². The maximum atomic E-state index is 14.4. The molecule has 0 aromatic heterocycles. The Bertz CT molecular complexity index is 2590. The van der Waals surface area contributed by atoms with Crippen LogP contribution in [0.25, 0.3) is 11.1 Å². The fraction of sp³-hybridized carbons (Fsp3) is 0.500. The summed E-state index contributed by atoms with van der Waals surface area (Å²) in [5.41, 5.74) is 3.53. The van der Waals surface area contributed by atoms with Gasteiger partial charge in [-0.2, -0.15) is 0 Å². The van der Waals surface area contributed by atoms with E-state index in [1.165, 1.54) is 52.7 Å². The van der Waals surface area contributed by atoms with E-state index < -0.39 is 76.5 Å². The number of carbonyl (C=O) groups excluding carboxylic acids is 5. The zero-order chi connectivity index (χ0) is 53.0. The highest BCUT2D eigenvalue weighted by molar-refractivity contribution is 8.77. The van der Waals surface area contributed by atoms with Crippen molar-refractivity contribution < 1.29 is 57.5 Å². The number of nitrogens with one attached hydrogen (secondary N) is 2. The zero-order valence-electron chi connectivity index (χ0n) is 43.0. The number of alkyl carbamates (subject to hydrolysis) is 2. The highest BCUT2D eigenvalue weighted by Crippen LogP contribution is 2.50. The summed E-state index contributed by atoms with van der Waals surface area (Å²) in [6, 6.07) is 18.9. The van der Waals surface area contributed by atoms with Crippen LogP contribution in [-0.2, 0) is 44.5 Å². The molecule has 16 nitrogen and oxygen atoms in total. The number of amides is 4. The van der Waals surface area contributed by atoms with Gasteiger partial charge in [-0.05, 0) is 81.0 Å². The molecule has 8 atom stereocenters. The first-order valence-corrected chi connectivity index (χ1v) is 27.0. The van der Waals surface area contributed by atoms with E-state index in [1.807, 2.05) is 51.1 Å². The Hall–Kier alpha value is -5.24. The normalized spacial score (nSPS) is 26.6. The molecule has 0 spiro atoms. The Labute approximate surface area is 440 Å². The second-order valence-electron chi connectivity index (χ2n) is 20.0. The first kappa shape index (κ1) is 55.5. The third kappa shape index (κ3) is 12.7. The molecule has 3 heterocycles. The Morgan fingerprint density at radius 3 is 2.41 bits per heavy atom. The molecule has 4 amide bonds. The van der Waals surface area contributed by atoms with Gasteiger partial charge in [-0.15, -0.1) is 0 Å². The number of hydrogen-bond donors (Lipinski definition) is 3. The van der Waals surface area contributed by atoms with E-state index in [4.69, 9.17) is 40.0 Å². The number of esters is 1. The molecule has 73 heavy (non-hydrogen) atoms. The standard InChI is InChI=1S/C54H67ClN4O12S2/c1-31-16-15-21-43(67-10)54(65)28-42(69-51(64)57-54)32(2)48-53(6,71-48)44(27-46(61)59(8)40-25-34(24-31)26-41(66-9)47(40)55)70-49(62)33(3)58(7)45(60)22-23-72-73-52(4,5)30-56-50(63)68-29-39-37-19-13-11-17-35(37)36-18-12-14-20-38(36)39/h11-21,25-26,32-33,39,42-44,48,65H,22-24,27-30H2,1-10H3,(H,56,63)(H,57,64)/b21-15+,31-16+/t32-,33+,42+,43-,44+,48+,53?,54+/m1/s1. The number of ether oxygens (including phenoxy) is 6. The molecular formula is C54H67ClN4O12S2. The first-order chi connectivity index (χ1) is 34.6. The lowest BCUT2D eigenvalue weighted by molar-refractivity contribution is -0.162. The lowest BCUT2D eigenvalue weighted by Gasteiger charge is -2.42. The fourth-order valence-electron chi connectivity index (χ4n) is 9.69. The van der Waals surface area contributed by atoms with Gasteiger partial charge in [-0.1, -0.05) is 112 Å². The number of allylic oxidation sites excluding steroid dienone is 3. The molecule has 0 radical (unpaired) electrons. The number of halogens is 1. The van der Waals surface area contributed by atoms with Crippen LogP contribution in [0.2, 0.25) is 5.02 Å². The maximum absolute atomic E-state index is 14.4. The summed E-state index contributed by atoms with van der Waals surface area (Å²) in [5.74, 6) is -1.36. The van der Waals surface area contributed by atoms with Gasteiger partial charge in [-0.3, -0.25) is 14.9 Å². The smallest absolute Gasteiger partial charge is 0.409 e. The van der Waals surface area contributed by atoms with E-state index in [9.17, 15) is 29.1 Å². The minimum Gasteiger partial charge on any atom is -0.495 e. The number of epoxide rings is 1. The average Bonchev–Trinajstić information content (AvgIpc) is 3.96. The minimum absolute atomic E-state index is 0.0489. The van der Waals surface area contributed by atoms with Gasteiger partial charge < -0.3 is 48.6 Å². The molecule has 0 saturated carbocycles. The zero-order valence-corrected chi connectivity index (χ0v) is 45.4. The quantitative estimate of drug-likeness (QED) is 0.0457. The number of likely N-dealkylation sites (N-methyl/N-ethyl adjacent to an activating group) is 1. The molecule has 3 aromatic carbocycles. The van der Waals surface area contributed by atoms with Crippen LogP contribution >= 0.6 is 33.2 Å². The van der Waals surface area contributed by atoms with Crippen LogP contribution in [0, 0.1) is 5.92 Å². The van der Waals surface area contributed by atoms with E-state index in [2.05, 4.69) is 34.9 Å². The number of fused-ring (bicyclic) bond motifs is 8. The van der Waals surface area contributed by atoms with Crippen molar-refractivity contribution in [2.75, 3.05) is 52.1 Å². The van der Waals surface area contributed by atoms with Crippen LogP contribution in [0.15, 0.2) is 84.5 Å². The molecule has 4 bridgehead atoms. The van der Waals surface area contributed by atoms with Crippen molar-refractivity contribution in [2.45, 2.75) is 120 Å². The van der Waals surface area contributed by atoms with Gasteiger partial charge in [0.2, 0.25) is 11.8 Å². The number of rotatable bonds is 14. The topological polar surface area (TPSA) is 195 Å². The van der Waals surface area contributed by atoms with Crippen molar-refractivity contribution >= 4 is 68.8 Å². The molecule has 3 aromatic rings. The summed E-state index contributed by atoms with van der Waals surface area (Å²) in [7, 11) is 9.01. The lowest BCUT2D eigenvalue weighted by Crippen LogP contribution is -2.63. The third-order valence-electron chi connectivity index (χ3n) is 14.2. The van der Waals surface area contributed by atoms with Crippen LogP contribution in [0.4, 0.5) is 15.3 Å². The van der Waals surface area contributed by atoms with Crippen molar-refractivity contribution in [3.05, 3.63) is 106 Å². The number of carbonyl (C=O) groups is 5. The van der Waals surface area contributed by atoms with Crippen molar-refractivity contribution in [1.82, 2.24) is 15.5 Å². The van der Waals surface area contributed by atoms with Crippen molar-refractivity contribution in [3.8, 4) is 16.9 Å². The molecule has 3 N–H and O–H groups in total. The van der Waals surface area contributed by atoms with Crippen molar-refractivity contribution in [3.63, 3.8) is 0 Å². The summed E-state index contributed by atoms with van der Waals surface area (Å²) < 4.78 is 34.9. The Kier molecular flexibility index (Phi) is 17.6. The minimum atomic E-state index is -1.86. The van der Waals surface area contributed by atoms with Crippen LogP contribution in [0.5, 0.6) is 5.75 Å². The van der Waals surface area contributed by atoms with E-state index >= 15 is 0 Å². The molecule has 1 unspecified atom stereocenters. The SMILES string of the molecule is COc1cc2cc(c1Cl)N(C)C(=O)C[C@H](OC(=O)[C@H](C)N(C)C(=O)CCSSC(C)(C)CNC(=O)OCC1c3ccccc3-c3ccccc31)C1(C)O[C@H]1[C@H](C)[C@@H]1C[C@@](O)(NC(=O)O1)[C@H](OC)/C=C/C=C(\C)C2. The van der Waals surface area contributed by atoms with Crippen LogP contribution in [0.1, 0.15) is 83.4 Å². The monoisotopic (exact) mass is 1060 g/mol. The molecule has 19 heteroatoms. The van der Waals surface area contributed by atoms with E-state index in [0.29, 0.717) is 30.2 Å². The van der Waals surface area contributed by atoms with Gasteiger partial charge in [0.15, 0.2) is 5.72 Å². The van der Waals surface area contributed by atoms with Gasteiger partial charge in [0, 0.05) is 62.9 Å². The molecule has 2 saturated heterocycles. The third-order valence-corrected chi connectivity index (χ3v) is 17.9. The van der Waals surface area contributed by atoms with Crippen LogP contribution in [0.3, 0.4) is 0 Å². The van der Waals surface area contributed by atoms with Gasteiger partial charge >= 0.3 is 18.2 Å². The number of anilines is 1. The lowest BCUT2D eigenvalue weighted by atomic mass is 9.83. The molecule has 2 fully saturated rings. The predicted molar refractivity (Wildman–Crippen MR) is 283 cm³/mol. The highest BCUT2D eigenvalue weighted by Gasteiger charge is 2.64. The Balaban J connectivity index is 0.978. The first-order valence-electron chi connectivity index (χ1n) is 24.3. The predicted octanol–water partition coefficient (Wildman–Crippen LogP) is 8.60. The number of nitrogens with zero attached hydrogens (tertiary/aromatic N) is 2. The molecule has 3 aliphatic heterocycles. The van der Waals surface area contributed by atoms with Crippen molar-refractivity contribution in [1.29, 1.82) is 0 Å². The van der Waals surface area contributed by atoms with Gasteiger partial charge in [0.1, 0.15) is 47.3 Å². The second kappa shape index (κ2) is 23.1. The maximum Gasteiger partial charge on any atom is 0.409 e. The van der Waals surface area contributed by atoms with Gasteiger partial charge in [-0.25, -0.2) is 14.4 Å². The van der Waals surface area contributed by atoms with Crippen molar-refractivity contribution in [2.24, 2.45) is 5.92 Å².